The lowest BCUT2D eigenvalue weighted by Gasteiger charge is -2.42. The van der Waals surface area contributed by atoms with Crippen molar-refractivity contribution in [2.24, 2.45) is 5.92 Å². The highest BCUT2D eigenvalue weighted by molar-refractivity contribution is 9.09. The van der Waals surface area contributed by atoms with Gasteiger partial charge in [-0.3, -0.25) is 9.69 Å². The summed E-state index contributed by atoms with van der Waals surface area (Å²) in [6.07, 6.45) is 3.18. The molecule has 5 nitrogen and oxygen atoms in total. The molecule has 32 heavy (non-hydrogen) atoms. The lowest BCUT2D eigenvalue weighted by Crippen LogP contribution is -2.51. The van der Waals surface area contributed by atoms with Crippen LogP contribution in [-0.4, -0.2) is 66.3 Å². The van der Waals surface area contributed by atoms with Crippen LogP contribution in [0.3, 0.4) is 0 Å². The highest BCUT2D eigenvalue weighted by Crippen LogP contribution is 2.54. The second-order valence-corrected chi connectivity index (χ2v) is 10.8. The molecule has 2 unspecified atom stereocenters. The van der Waals surface area contributed by atoms with Crippen LogP contribution in [0.1, 0.15) is 24.8 Å². The molecular formula is C25H34BrN3O2S. The van der Waals surface area contributed by atoms with Crippen molar-refractivity contribution in [1.82, 2.24) is 9.80 Å². The maximum atomic E-state index is 13.8. The zero-order valence-corrected chi connectivity index (χ0v) is 21.1. The van der Waals surface area contributed by atoms with E-state index in [1.165, 1.54) is 10.5 Å². The Labute approximate surface area is 204 Å². The Morgan fingerprint density at radius 1 is 1.03 bits per heavy atom. The van der Waals surface area contributed by atoms with Crippen molar-refractivity contribution in [3.05, 3.63) is 60.2 Å². The van der Waals surface area contributed by atoms with Crippen molar-refractivity contribution in [2.75, 3.05) is 50.4 Å². The van der Waals surface area contributed by atoms with E-state index in [0.29, 0.717) is 0 Å². The maximum Gasteiger partial charge on any atom is 0.230 e. The van der Waals surface area contributed by atoms with Crippen molar-refractivity contribution < 1.29 is 10.3 Å². The summed E-state index contributed by atoms with van der Waals surface area (Å²) in [5.41, 5.74) is 2.21. The van der Waals surface area contributed by atoms with Gasteiger partial charge in [-0.25, -0.2) is 0 Å². The topological polar surface area (TPSA) is 67.1 Å². The summed E-state index contributed by atoms with van der Waals surface area (Å²) in [5, 5.41) is 4.27. The minimum absolute atomic E-state index is 0. The van der Waals surface area contributed by atoms with Crippen LogP contribution in [0.5, 0.6) is 0 Å². The van der Waals surface area contributed by atoms with Crippen LogP contribution < -0.4 is 5.32 Å². The number of nitrogens with one attached hydrogen (secondary N) is 1. The second kappa shape index (κ2) is 11.7. The molecule has 7 heteroatoms. The molecule has 2 aromatic rings. The number of thioether (sulfide) groups is 1. The monoisotopic (exact) mass is 519 g/mol. The van der Waals surface area contributed by atoms with E-state index in [9.17, 15) is 4.79 Å². The van der Waals surface area contributed by atoms with E-state index in [-0.39, 0.29) is 22.0 Å². The summed E-state index contributed by atoms with van der Waals surface area (Å²) in [6, 6.07) is 19.0. The number of unbranched alkanes of at least 4 members (excludes halogenated alkanes) is 1. The Bertz CT molecular complexity index is 877. The predicted octanol–water partition coefficient (Wildman–Crippen LogP) is 4.23. The number of anilines is 1. The van der Waals surface area contributed by atoms with Gasteiger partial charge in [0, 0.05) is 42.9 Å². The molecule has 0 aliphatic carbocycles. The van der Waals surface area contributed by atoms with Gasteiger partial charge in [0.25, 0.3) is 0 Å². The largest absolute Gasteiger partial charge is 0.412 e. The summed E-state index contributed by atoms with van der Waals surface area (Å²) < 4.78 is -0.288. The van der Waals surface area contributed by atoms with E-state index in [2.05, 4.69) is 80.6 Å². The third kappa shape index (κ3) is 5.57. The fourth-order valence-electron chi connectivity index (χ4n) is 4.71. The number of likely N-dealkylation sites (N-methyl/N-ethyl adjacent to an activating group) is 1. The number of alkyl halides is 1. The van der Waals surface area contributed by atoms with Gasteiger partial charge in [0.1, 0.15) is 0 Å². The molecule has 1 saturated heterocycles. The van der Waals surface area contributed by atoms with E-state index in [1.807, 2.05) is 23.9 Å². The summed E-state index contributed by atoms with van der Waals surface area (Å²) in [6.45, 7) is 4.95. The number of benzene rings is 2. The first kappa shape index (κ1) is 25.2. The maximum absolute atomic E-state index is 13.8. The number of piperazine rings is 1. The molecule has 1 amide bonds. The van der Waals surface area contributed by atoms with Crippen LogP contribution in [0.15, 0.2) is 59.5 Å². The third-order valence-corrected chi connectivity index (χ3v) is 8.77. The van der Waals surface area contributed by atoms with Gasteiger partial charge >= 0.3 is 0 Å². The lowest BCUT2D eigenvalue weighted by atomic mass is 9.80. The summed E-state index contributed by atoms with van der Waals surface area (Å²) >= 11 is 5.50. The fraction of sp³-hybridized carbons (Fsp3) is 0.480. The number of para-hydroxylation sites is 1. The van der Waals surface area contributed by atoms with Gasteiger partial charge in [-0.1, -0.05) is 64.8 Å². The average Bonchev–Trinajstić information content (AvgIpc) is 2.91. The standard InChI is InChI=1S/C25H32BrN3OS.H2O/c1-28-15-17-29(18-16-28)19-21-24(30)27-22-11-5-6-12-23(22)31-25(21,13-7-8-14-26)20-9-3-2-4-10-20;/h2-6,9-12,21H,7-8,13-19H2,1H3,(H,27,30);1H2. The minimum atomic E-state index is -0.288. The number of hydrogen-bond acceptors (Lipinski definition) is 4. The summed E-state index contributed by atoms with van der Waals surface area (Å²) in [5.74, 6) is 0.0325. The van der Waals surface area contributed by atoms with E-state index >= 15 is 0 Å². The van der Waals surface area contributed by atoms with E-state index in [4.69, 9.17) is 0 Å². The van der Waals surface area contributed by atoms with Crippen molar-refractivity contribution >= 4 is 39.3 Å². The number of fused-ring (bicyclic) bond motifs is 1. The molecule has 2 heterocycles. The van der Waals surface area contributed by atoms with Gasteiger partial charge in [-0.15, -0.1) is 11.8 Å². The van der Waals surface area contributed by atoms with Crippen LogP contribution in [-0.2, 0) is 9.54 Å². The summed E-state index contributed by atoms with van der Waals surface area (Å²) in [4.78, 5) is 19.8. The van der Waals surface area contributed by atoms with E-state index in [1.54, 1.807) is 0 Å². The van der Waals surface area contributed by atoms with Crippen molar-refractivity contribution in [3.63, 3.8) is 0 Å². The Morgan fingerprint density at radius 3 is 2.44 bits per heavy atom. The predicted molar refractivity (Wildman–Crippen MR) is 138 cm³/mol. The van der Waals surface area contributed by atoms with Gasteiger partial charge in [-0.05, 0) is 37.6 Å². The van der Waals surface area contributed by atoms with E-state index < -0.39 is 0 Å². The second-order valence-electron chi connectivity index (χ2n) is 8.65. The Hall–Kier alpha value is -1.38. The molecule has 0 saturated carbocycles. The smallest absolute Gasteiger partial charge is 0.230 e. The highest BCUT2D eigenvalue weighted by Gasteiger charge is 2.47. The molecule has 0 radical (unpaired) electrons. The number of carbonyl (C=O) groups excluding carboxylic acids is 1. The molecule has 4 rings (SSSR count). The number of rotatable bonds is 7. The van der Waals surface area contributed by atoms with Crippen molar-refractivity contribution in [3.8, 4) is 0 Å². The lowest BCUT2D eigenvalue weighted by molar-refractivity contribution is -0.122. The van der Waals surface area contributed by atoms with Crippen LogP contribution >= 0.6 is 27.7 Å². The van der Waals surface area contributed by atoms with Crippen LogP contribution in [0.2, 0.25) is 0 Å². The van der Waals surface area contributed by atoms with Crippen LogP contribution in [0, 0.1) is 5.92 Å². The molecule has 174 valence electrons. The molecule has 0 aromatic heterocycles. The Balaban J connectivity index is 0.00000289. The molecule has 2 atom stereocenters. The first-order valence-corrected chi connectivity index (χ1v) is 13.2. The van der Waals surface area contributed by atoms with Gasteiger partial charge < -0.3 is 15.7 Å². The normalized spacial score (nSPS) is 24.2. The number of carbonyl (C=O) groups is 1. The SMILES string of the molecule is CN1CCN(CC2C(=O)Nc3ccccc3SC2(CCCCBr)c2ccccc2)CC1.O. The number of halogens is 1. The van der Waals surface area contributed by atoms with Crippen LogP contribution in [0.25, 0.3) is 0 Å². The minimum Gasteiger partial charge on any atom is -0.412 e. The Kier molecular flexibility index (Phi) is 9.20. The van der Waals surface area contributed by atoms with Crippen molar-refractivity contribution in [2.45, 2.75) is 28.9 Å². The molecular weight excluding hydrogens is 486 g/mol. The fourth-order valence-corrected chi connectivity index (χ4v) is 6.70. The molecule has 2 aliphatic rings. The quantitative estimate of drug-likeness (QED) is 0.439. The van der Waals surface area contributed by atoms with Gasteiger partial charge in [0.2, 0.25) is 5.91 Å². The molecule has 0 spiro atoms. The molecule has 2 aromatic carbocycles. The van der Waals surface area contributed by atoms with Gasteiger partial charge in [-0.2, -0.15) is 0 Å². The van der Waals surface area contributed by atoms with Crippen LogP contribution in [0.4, 0.5) is 5.69 Å². The van der Waals surface area contributed by atoms with Gasteiger partial charge in [0.15, 0.2) is 0 Å². The zero-order chi connectivity index (χ0) is 21.7. The Morgan fingerprint density at radius 2 is 1.72 bits per heavy atom. The average molecular weight is 521 g/mol. The number of hydrogen-bond donors (Lipinski definition) is 1. The highest BCUT2D eigenvalue weighted by atomic mass is 79.9. The zero-order valence-electron chi connectivity index (χ0n) is 18.7. The summed E-state index contributed by atoms with van der Waals surface area (Å²) in [7, 11) is 2.18. The first-order valence-electron chi connectivity index (χ1n) is 11.2. The van der Waals surface area contributed by atoms with Gasteiger partial charge in [0.05, 0.1) is 16.4 Å². The van der Waals surface area contributed by atoms with Crippen molar-refractivity contribution in [1.29, 1.82) is 0 Å². The molecule has 3 N–H and O–H groups in total. The number of amides is 1. The molecule has 1 fully saturated rings. The third-order valence-electron chi connectivity index (χ3n) is 6.55. The molecule has 0 bridgehead atoms. The van der Waals surface area contributed by atoms with E-state index in [0.717, 1.165) is 63.0 Å². The molecule has 2 aliphatic heterocycles. The first-order chi connectivity index (χ1) is 15.1. The number of nitrogens with zero attached hydrogens (tertiary/aromatic N) is 2.